The first-order valence-corrected chi connectivity index (χ1v) is 6.86. The molecule has 2 rings (SSSR count). The molecule has 1 unspecified atom stereocenters. The van der Waals surface area contributed by atoms with Gasteiger partial charge in [-0.25, -0.2) is 0 Å². The molecule has 0 aromatic heterocycles. The van der Waals surface area contributed by atoms with Crippen LogP contribution in [0.5, 0.6) is 11.5 Å². The molecule has 1 atom stereocenters. The van der Waals surface area contributed by atoms with Crippen molar-refractivity contribution in [3.8, 4) is 11.5 Å². The average Bonchev–Trinajstić information content (AvgIpc) is 2.49. The molecule has 0 radical (unpaired) electrons. The van der Waals surface area contributed by atoms with Gasteiger partial charge >= 0.3 is 15.6 Å². The second kappa shape index (κ2) is 4.26. The van der Waals surface area contributed by atoms with Crippen LogP contribution in [0.25, 0.3) is 0 Å². The Labute approximate surface area is 113 Å². The van der Waals surface area contributed by atoms with Crippen LogP contribution in [0.1, 0.15) is 19.4 Å². The standard InChI is InChI=1S/C11H11F3O5S/c1-10(2)7-5-6(3-4-8(7)18-9(10)15)19-20(16,17)11(12,13)14/h3-5,9,15H,1-2H3. The maximum absolute atomic E-state index is 12.2. The molecular formula is C11H11F3O5S. The lowest BCUT2D eigenvalue weighted by molar-refractivity contribution is -0.0500. The maximum Gasteiger partial charge on any atom is 0.534 e. The van der Waals surface area contributed by atoms with Crippen LogP contribution in [0.3, 0.4) is 0 Å². The van der Waals surface area contributed by atoms with Gasteiger partial charge in [0.2, 0.25) is 6.29 Å². The van der Waals surface area contributed by atoms with Gasteiger partial charge in [-0.05, 0) is 32.0 Å². The lowest BCUT2D eigenvalue weighted by atomic mass is 9.85. The van der Waals surface area contributed by atoms with E-state index in [-0.39, 0.29) is 5.75 Å². The molecule has 0 bridgehead atoms. The lowest BCUT2D eigenvalue weighted by Crippen LogP contribution is -2.31. The summed E-state index contributed by atoms with van der Waals surface area (Å²) >= 11 is 0. The third kappa shape index (κ3) is 2.31. The first kappa shape index (κ1) is 14.9. The second-order valence-corrected chi connectivity index (χ2v) is 6.37. The molecule has 0 fully saturated rings. The van der Waals surface area contributed by atoms with Gasteiger partial charge in [-0.1, -0.05) is 0 Å². The van der Waals surface area contributed by atoms with E-state index < -0.39 is 33.1 Å². The molecule has 20 heavy (non-hydrogen) atoms. The van der Waals surface area contributed by atoms with Gasteiger partial charge in [-0.3, -0.25) is 0 Å². The first-order valence-electron chi connectivity index (χ1n) is 5.45. The summed E-state index contributed by atoms with van der Waals surface area (Å²) in [7, 11) is -5.72. The Bertz CT molecular complexity index is 636. The second-order valence-electron chi connectivity index (χ2n) is 4.83. The summed E-state index contributed by atoms with van der Waals surface area (Å²) in [4.78, 5) is 0. The Balaban J connectivity index is 2.38. The zero-order valence-corrected chi connectivity index (χ0v) is 11.2. The summed E-state index contributed by atoms with van der Waals surface area (Å²) in [6.07, 6.45) is -1.17. The normalized spacial score (nSPS) is 21.2. The monoisotopic (exact) mass is 312 g/mol. The van der Waals surface area contributed by atoms with Crippen molar-refractivity contribution in [2.75, 3.05) is 0 Å². The fourth-order valence-electron chi connectivity index (χ4n) is 1.74. The van der Waals surface area contributed by atoms with E-state index in [0.29, 0.717) is 5.56 Å². The van der Waals surface area contributed by atoms with Crippen LogP contribution in [-0.4, -0.2) is 25.3 Å². The van der Waals surface area contributed by atoms with Gasteiger partial charge in [0.1, 0.15) is 11.5 Å². The molecule has 0 spiro atoms. The highest BCUT2D eigenvalue weighted by molar-refractivity contribution is 7.87. The average molecular weight is 312 g/mol. The van der Waals surface area contributed by atoms with E-state index in [4.69, 9.17) is 4.74 Å². The summed E-state index contributed by atoms with van der Waals surface area (Å²) in [5, 5.41) is 9.67. The van der Waals surface area contributed by atoms with E-state index in [1.54, 1.807) is 13.8 Å². The molecule has 1 N–H and O–H groups in total. The van der Waals surface area contributed by atoms with E-state index in [0.717, 1.165) is 12.1 Å². The number of halogens is 3. The number of aliphatic hydroxyl groups excluding tert-OH is 1. The van der Waals surface area contributed by atoms with Crippen molar-refractivity contribution in [3.05, 3.63) is 23.8 Å². The SMILES string of the molecule is CC1(C)c2cc(OS(=O)(=O)C(F)(F)F)ccc2OC1O. The van der Waals surface area contributed by atoms with Crippen LogP contribution in [0.15, 0.2) is 18.2 Å². The van der Waals surface area contributed by atoms with Crippen LogP contribution in [0.2, 0.25) is 0 Å². The number of hydrogen-bond donors (Lipinski definition) is 1. The third-order valence-corrected chi connectivity index (χ3v) is 3.97. The van der Waals surface area contributed by atoms with Gasteiger partial charge in [0.25, 0.3) is 0 Å². The van der Waals surface area contributed by atoms with E-state index in [2.05, 4.69) is 4.18 Å². The Morgan fingerprint density at radius 3 is 2.50 bits per heavy atom. The number of ether oxygens (including phenoxy) is 1. The maximum atomic E-state index is 12.2. The number of rotatable bonds is 2. The van der Waals surface area contributed by atoms with Gasteiger partial charge in [0, 0.05) is 5.56 Å². The van der Waals surface area contributed by atoms with Gasteiger partial charge in [-0.2, -0.15) is 21.6 Å². The number of aliphatic hydroxyl groups is 1. The highest BCUT2D eigenvalue weighted by Gasteiger charge is 2.49. The molecule has 1 aromatic rings. The van der Waals surface area contributed by atoms with Crippen LogP contribution >= 0.6 is 0 Å². The largest absolute Gasteiger partial charge is 0.534 e. The van der Waals surface area contributed by atoms with Crippen molar-refractivity contribution < 1.29 is 35.6 Å². The number of benzene rings is 1. The predicted octanol–water partition coefficient (Wildman–Crippen LogP) is 1.90. The Kier molecular flexibility index (Phi) is 3.17. The number of hydrogen-bond acceptors (Lipinski definition) is 5. The fourth-order valence-corrected chi connectivity index (χ4v) is 2.19. The molecule has 112 valence electrons. The first-order chi connectivity index (χ1) is 8.95. The highest BCUT2D eigenvalue weighted by Crippen LogP contribution is 2.43. The van der Waals surface area contributed by atoms with Crippen molar-refractivity contribution in [1.82, 2.24) is 0 Å². The fraction of sp³-hybridized carbons (Fsp3) is 0.455. The minimum atomic E-state index is -5.72. The van der Waals surface area contributed by atoms with E-state index in [1.165, 1.54) is 6.07 Å². The van der Waals surface area contributed by atoms with Crippen LogP contribution < -0.4 is 8.92 Å². The van der Waals surface area contributed by atoms with Gasteiger partial charge in [0.05, 0.1) is 5.41 Å². The molecular weight excluding hydrogens is 301 g/mol. The third-order valence-electron chi connectivity index (χ3n) is 2.99. The van der Waals surface area contributed by atoms with Crippen molar-refractivity contribution in [1.29, 1.82) is 0 Å². The summed E-state index contributed by atoms with van der Waals surface area (Å²) in [6.45, 7) is 3.21. The summed E-state index contributed by atoms with van der Waals surface area (Å²) in [6, 6.07) is 3.37. The van der Waals surface area contributed by atoms with E-state index >= 15 is 0 Å². The van der Waals surface area contributed by atoms with Gasteiger partial charge in [-0.15, -0.1) is 0 Å². The molecule has 0 saturated carbocycles. The number of alkyl halides is 3. The number of fused-ring (bicyclic) bond motifs is 1. The summed E-state index contributed by atoms with van der Waals surface area (Å²) in [5.41, 5.74) is -6.03. The Morgan fingerprint density at radius 1 is 1.35 bits per heavy atom. The molecule has 1 aromatic carbocycles. The van der Waals surface area contributed by atoms with Crippen molar-refractivity contribution in [2.24, 2.45) is 0 Å². The molecule has 5 nitrogen and oxygen atoms in total. The molecule has 1 aliphatic rings. The van der Waals surface area contributed by atoms with Crippen molar-refractivity contribution in [2.45, 2.75) is 31.1 Å². The van der Waals surface area contributed by atoms with Crippen LogP contribution in [0.4, 0.5) is 13.2 Å². The highest BCUT2D eigenvalue weighted by atomic mass is 32.2. The minimum Gasteiger partial charge on any atom is -0.464 e. The van der Waals surface area contributed by atoms with Crippen LogP contribution in [-0.2, 0) is 15.5 Å². The molecule has 1 heterocycles. The Morgan fingerprint density at radius 2 is 1.95 bits per heavy atom. The molecule has 9 heteroatoms. The Hall–Kier alpha value is -1.48. The summed E-state index contributed by atoms with van der Waals surface area (Å²) in [5.74, 6) is -0.230. The van der Waals surface area contributed by atoms with Crippen molar-refractivity contribution >= 4 is 10.1 Å². The molecule has 1 aliphatic heterocycles. The zero-order valence-electron chi connectivity index (χ0n) is 10.4. The topological polar surface area (TPSA) is 72.8 Å². The minimum absolute atomic E-state index is 0.263. The quantitative estimate of drug-likeness (QED) is 0.667. The van der Waals surface area contributed by atoms with Crippen LogP contribution in [0, 0.1) is 0 Å². The van der Waals surface area contributed by atoms with Gasteiger partial charge < -0.3 is 14.0 Å². The molecule has 0 saturated heterocycles. The smallest absolute Gasteiger partial charge is 0.464 e. The summed E-state index contributed by atoms with van der Waals surface area (Å²) < 4.78 is 67.7. The van der Waals surface area contributed by atoms with Gasteiger partial charge in [0.15, 0.2) is 0 Å². The predicted molar refractivity (Wildman–Crippen MR) is 61.7 cm³/mol. The van der Waals surface area contributed by atoms with E-state index in [1.807, 2.05) is 0 Å². The molecule has 0 aliphatic carbocycles. The van der Waals surface area contributed by atoms with Crippen molar-refractivity contribution in [3.63, 3.8) is 0 Å². The zero-order chi connectivity index (χ0) is 15.3. The molecule has 0 amide bonds. The van der Waals surface area contributed by atoms with E-state index in [9.17, 15) is 26.7 Å². The lowest BCUT2D eigenvalue weighted by Gasteiger charge is -2.20.